The standard InChI is InChI=1S/C48H61N9O7/c1-7-33(57-39-23-14-13-21-36(39)55-45(57)61)24-26-49-44(60)54-38(27-32-28-51-35-20-12-11-19-34(32)35)41-52-29-40(56-41)48(5,6)43(59)53-37(42(58)64-47(2,3)4)22-15-16-25-50-46(62)63-30-31-17-9-8-10-18-31/h8-14,17-21,23,28-29,33,37-38,51H,7,15-16,22,24-27,30H2,1-6H3,(H,50,62)(H,52,56)(H,53,59)(H,55,61)(H2,49,54,60)/t33?,37-,38-/m1/s1. The van der Waals surface area contributed by atoms with Gasteiger partial charge in [0.05, 0.1) is 22.5 Å². The van der Waals surface area contributed by atoms with Gasteiger partial charge in [0.15, 0.2) is 0 Å². The summed E-state index contributed by atoms with van der Waals surface area (Å²) in [6, 6.07) is 22.7. The molecule has 3 aromatic heterocycles. The number of nitrogens with zero attached hydrogens (tertiary/aromatic N) is 2. The Morgan fingerprint density at radius 1 is 0.812 bits per heavy atom. The lowest BCUT2D eigenvalue weighted by atomic mass is 9.88. The summed E-state index contributed by atoms with van der Waals surface area (Å²) in [5.74, 6) is -0.559. The highest BCUT2D eigenvalue weighted by atomic mass is 16.6. The van der Waals surface area contributed by atoms with Crippen LogP contribution in [-0.4, -0.2) is 73.2 Å². The Hall–Kier alpha value is -6.84. The minimum absolute atomic E-state index is 0.139. The summed E-state index contributed by atoms with van der Waals surface area (Å²) in [5, 5.41) is 12.7. The maximum atomic E-state index is 14.1. The largest absolute Gasteiger partial charge is 0.458 e. The third kappa shape index (κ3) is 12.2. The van der Waals surface area contributed by atoms with Crippen LogP contribution in [0.15, 0.2) is 96.1 Å². The van der Waals surface area contributed by atoms with Gasteiger partial charge in [-0.2, -0.15) is 0 Å². The van der Waals surface area contributed by atoms with Crippen molar-refractivity contribution in [3.05, 3.63) is 124 Å². The molecule has 0 radical (unpaired) electrons. The van der Waals surface area contributed by atoms with E-state index in [1.54, 1.807) is 45.4 Å². The summed E-state index contributed by atoms with van der Waals surface area (Å²) in [7, 11) is 0. The molecule has 0 spiro atoms. The lowest BCUT2D eigenvalue weighted by Gasteiger charge is -2.28. The van der Waals surface area contributed by atoms with Gasteiger partial charge in [0.25, 0.3) is 0 Å². The van der Waals surface area contributed by atoms with E-state index in [0.29, 0.717) is 56.7 Å². The molecule has 16 nitrogen and oxygen atoms in total. The van der Waals surface area contributed by atoms with Crippen molar-refractivity contribution in [2.45, 2.75) is 116 Å². The first-order valence-electron chi connectivity index (χ1n) is 21.9. The van der Waals surface area contributed by atoms with Crippen LogP contribution in [0.25, 0.3) is 21.9 Å². The first kappa shape index (κ1) is 46.7. The molecule has 0 saturated heterocycles. The van der Waals surface area contributed by atoms with Crippen LogP contribution in [0.1, 0.15) is 108 Å². The third-order valence-corrected chi connectivity index (χ3v) is 11.2. The molecule has 3 atom stereocenters. The molecule has 4 amide bonds. The number of H-pyrrole nitrogens is 3. The van der Waals surface area contributed by atoms with E-state index >= 15 is 0 Å². The number of hydrogen-bond acceptors (Lipinski definition) is 8. The van der Waals surface area contributed by atoms with E-state index in [4.69, 9.17) is 9.47 Å². The van der Waals surface area contributed by atoms with E-state index in [0.717, 1.165) is 33.1 Å². The zero-order valence-corrected chi connectivity index (χ0v) is 37.5. The van der Waals surface area contributed by atoms with Crippen LogP contribution in [0, 0.1) is 0 Å². The molecule has 0 bridgehead atoms. The number of hydrogen-bond donors (Lipinski definition) is 7. The lowest BCUT2D eigenvalue weighted by Crippen LogP contribution is -2.50. The quantitative estimate of drug-likeness (QED) is 0.0303. The number of imidazole rings is 2. The smallest absolute Gasteiger partial charge is 0.407 e. The van der Waals surface area contributed by atoms with Crippen LogP contribution in [0.5, 0.6) is 0 Å². The molecule has 0 saturated carbocycles. The van der Waals surface area contributed by atoms with E-state index in [1.165, 1.54) is 0 Å². The molecule has 340 valence electrons. The summed E-state index contributed by atoms with van der Waals surface area (Å²) >= 11 is 0. The molecule has 0 aliphatic carbocycles. The third-order valence-electron chi connectivity index (χ3n) is 11.2. The number of para-hydroxylation sites is 3. The van der Waals surface area contributed by atoms with Crippen molar-refractivity contribution in [2.24, 2.45) is 0 Å². The zero-order chi connectivity index (χ0) is 45.9. The number of amides is 4. The second-order valence-corrected chi connectivity index (χ2v) is 17.5. The molecule has 16 heteroatoms. The normalized spacial score (nSPS) is 13.2. The highest BCUT2D eigenvalue weighted by molar-refractivity contribution is 5.91. The van der Waals surface area contributed by atoms with Gasteiger partial charge in [-0.25, -0.2) is 24.2 Å². The highest BCUT2D eigenvalue weighted by Crippen LogP contribution is 2.28. The van der Waals surface area contributed by atoms with E-state index < -0.39 is 47.1 Å². The number of alkyl carbamates (subject to hydrolysis) is 1. The number of benzene rings is 3. The van der Waals surface area contributed by atoms with Gasteiger partial charge in [0.1, 0.15) is 24.1 Å². The lowest BCUT2D eigenvalue weighted by molar-refractivity contribution is -0.159. The SMILES string of the molecule is CCC(CCNC(=O)N[C@H](Cc1c[nH]c2ccccc12)c1ncc(C(C)(C)C(=O)N[C@H](CCCCNC(=O)OCc2ccccc2)C(=O)OC(C)(C)C)[nH]1)n1c(=O)[nH]c2ccccc21. The van der Waals surface area contributed by atoms with Gasteiger partial charge in [-0.05, 0) is 96.0 Å². The van der Waals surface area contributed by atoms with Crippen molar-refractivity contribution in [1.29, 1.82) is 0 Å². The number of aromatic amines is 3. The van der Waals surface area contributed by atoms with Crippen molar-refractivity contribution in [3.8, 4) is 0 Å². The number of nitrogens with one attached hydrogen (secondary N) is 7. The van der Waals surface area contributed by atoms with Crippen LogP contribution in [-0.2, 0) is 37.5 Å². The topological polar surface area (TPSA) is 217 Å². The van der Waals surface area contributed by atoms with Gasteiger partial charge in [0.2, 0.25) is 5.91 Å². The molecular formula is C48H61N9O7. The second kappa shape index (κ2) is 21.0. The number of rotatable bonds is 20. The van der Waals surface area contributed by atoms with Crippen molar-refractivity contribution in [1.82, 2.24) is 45.8 Å². The fraction of sp³-hybridized carbons (Fsp3) is 0.417. The first-order chi connectivity index (χ1) is 30.6. The second-order valence-electron chi connectivity index (χ2n) is 17.5. The van der Waals surface area contributed by atoms with Gasteiger partial charge in [0, 0.05) is 54.5 Å². The van der Waals surface area contributed by atoms with Gasteiger partial charge in [-0.1, -0.05) is 67.6 Å². The predicted octanol–water partition coefficient (Wildman–Crippen LogP) is 7.36. The molecular weight excluding hydrogens is 815 g/mol. The van der Waals surface area contributed by atoms with Gasteiger partial charge < -0.3 is 45.7 Å². The Kier molecular flexibility index (Phi) is 15.3. The average molecular weight is 876 g/mol. The number of urea groups is 1. The Balaban J connectivity index is 1.11. The van der Waals surface area contributed by atoms with Crippen molar-refractivity contribution < 1.29 is 28.7 Å². The van der Waals surface area contributed by atoms with Crippen LogP contribution in [0.4, 0.5) is 9.59 Å². The maximum Gasteiger partial charge on any atom is 0.407 e. The number of carbonyl (C=O) groups is 4. The number of fused-ring (bicyclic) bond motifs is 2. The molecule has 6 rings (SSSR count). The Morgan fingerprint density at radius 3 is 2.28 bits per heavy atom. The summed E-state index contributed by atoms with van der Waals surface area (Å²) < 4.78 is 12.7. The first-order valence-corrected chi connectivity index (χ1v) is 21.9. The van der Waals surface area contributed by atoms with E-state index in [9.17, 15) is 24.0 Å². The van der Waals surface area contributed by atoms with Gasteiger partial charge in [-0.3, -0.25) is 9.36 Å². The van der Waals surface area contributed by atoms with E-state index in [-0.39, 0.29) is 24.8 Å². The molecule has 3 aromatic carbocycles. The summed E-state index contributed by atoms with van der Waals surface area (Å²) in [4.78, 5) is 80.5. The summed E-state index contributed by atoms with van der Waals surface area (Å²) in [5.41, 5.74) is 2.67. The fourth-order valence-electron chi connectivity index (χ4n) is 7.60. The maximum absolute atomic E-state index is 14.1. The van der Waals surface area contributed by atoms with Crippen LogP contribution in [0.3, 0.4) is 0 Å². The minimum Gasteiger partial charge on any atom is -0.458 e. The van der Waals surface area contributed by atoms with Gasteiger partial charge >= 0.3 is 23.8 Å². The monoisotopic (exact) mass is 875 g/mol. The van der Waals surface area contributed by atoms with Crippen LogP contribution >= 0.6 is 0 Å². The van der Waals surface area contributed by atoms with E-state index in [2.05, 4.69) is 41.2 Å². The summed E-state index contributed by atoms with van der Waals surface area (Å²) in [6.07, 6.45) is 5.85. The Morgan fingerprint density at radius 2 is 1.53 bits per heavy atom. The van der Waals surface area contributed by atoms with Crippen LogP contribution in [0.2, 0.25) is 0 Å². The molecule has 3 heterocycles. The van der Waals surface area contributed by atoms with Crippen LogP contribution < -0.4 is 27.0 Å². The highest BCUT2D eigenvalue weighted by Gasteiger charge is 2.36. The van der Waals surface area contributed by atoms with Crippen molar-refractivity contribution >= 4 is 45.9 Å². The molecule has 6 aromatic rings. The number of carbonyl (C=O) groups excluding carboxylic acids is 4. The minimum atomic E-state index is -1.20. The number of aromatic nitrogens is 5. The van der Waals surface area contributed by atoms with Gasteiger partial charge in [-0.15, -0.1) is 0 Å². The number of unbranched alkanes of at least 4 members (excludes halogenated alkanes) is 1. The molecule has 1 unspecified atom stereocenters. The molecule has 64 heavy (non-hydrogen) atoms. The Bertz CT molecular complexity index is 2570. The predicted molar refractivity (Wildman–Crippen MR) is 246 cm³/mol. The average Bonchev–Trinajstić information content (AvgIpc) is 4.01. The fourth-order valence-corrected chi connectivity index (χ4v) is 7.60. The van der Waals surface area contributed by atoms with E-state index in [1.807, 2.05) is 92.0 Å². The van der Waals surface area contributed by atoms with Crippen molar-refractivity contribution in [3.63, 3.8) is 0 Å². The zero-order valence-electron chi connectivity index (χ0n) is 37.5. The number of ether oxygens (including phenoxy) is 2. The number of esters is 1. The molecule has 0 aliphatic rings. The van der Waals surface area contributed by atoms with Crippen molar-refractivity contribution in [2.75, 3.05) is 13.1 Å². The molecule has 0 aliphatic heterocycles. The molecule has 7 N–H and O–H groups in total. The Labute approximate surface area is 372 Å². The summed E-state index contributed by atoms with van der Waals surface area (Å²) in [6.45, 7) is 11.6. The molecule has 0 fully saturated rings.